The number of carboxylic acid groups (broad SMARTS) is 1. The van der Waals surface area contributed by atoms with E-state index in [1.165, 1.54) is 12.1 Å². The lowest BCUT2D eigenvalue weighted by Gasteiger charge is -2.25. The number of nitrogens with one attached hydrogen (secondary N) is 3. The maximum atomic E-state index is 12.7. The molecular weight excluding hydrogens is 368 g/mol. The average molecular weight is 394 g/mol. The summed E-state index contributed by atoms with van der Waals surface area (Å²) in [6, 6.07) is 4.11. The quantitative estimate of drug-likeness (QED) is 0.287. The van der Waals surface area contributed by atoms with Crippen LogP contribution in [0.1, 0.15) is 19.4 Å². The SMILES string of the molecule is CC(C)C(NC(=O)C(Cc1ccc(O)cc1)NC(=O)CN)C(=O)NCC(=O)O. The monoisotopic (exact) mass is 394 g/mol. The minimum atomic E-state index is -1.21. The lowest BCUT2D eigenvalue weighted by atomic mass is 10.0. The van der Waals surface area contributed by atoms with E-state index in [1.54, 1.807) is 26.0 Å². The maximum absolute atomic E-state index is 12.7. The summed E-state index contributed by atoms with van der Waals surface area (Å²) in [5, 5.41) is 25.3. The van der Waals surface area contributed by atoms with Crippen LogP contribution >= 0.6 is 0 Å². The number of hydrogen-bond acceptors (Lipinski definition) is 6. The lowest BCUT2D eigenvalue weighted by molar-refractivity contribution is -0.138. The zero-order valence-corrected chi connectivity index (χ0v) is 15.8. The number of hydrogen-bond donors (Lipinski definition) is 6. The number of rotatable bonds is 10. The number of aliphatic carboxylic acids is 1. The molecule has 3 amide bonds. The summed E-state index contributed by atoms with van der Waals surface area (Å²) < 4.78 is 0. The highest BCUT2D eigenvalue weighted by Crippen LogP contribution is 2.12. The molecule has 154 valence electrons. The molecule has 28 heavy (non-hydrogen) atoms. The first-order chi connectivity index (χ1) is 13.1. The zero-order valence-electron chi connectivity index (χ0n) is 15.8. The van der Waals surface area contributed by atoms with Crippen molar-refractivity contribution in [3.05, 3.63) is 29.8 Å². The number of nitrogens with two attached hydrogens (primary N) is 1. The fourth-order valence-corrected chi connectivity index (χ4v) is 2.39. The molecule has 0 radical (unpaired) electrons. The number of benzene rings is 1. The van der Waals surface area contributed by atoms with Gasteiger partial charge in [0.1, 0.15) is 24.4 Å². The maximum Gasteiger partial charge on any atom is 0.322 e. The smallest absolute Gasteiger partial charge is 0.322 e. The molecule has 0 aliphatic heterocycles. The number of carboxylic acids is 1. The standard InChI is InChI=1S/C18H26N4O6/c1-10(2)16(18(28)20-9-15(25)26)22-17(27)13(21-14(24)8-19)7-11-3-5-12(23)6-4-11/h3-6,10,13,16,23H,7-9,19H2,1-2H3,(H,20,28)(H,21,24)(H,22,27)(H,25,26). The molecular formula is C18H26N4O6. The van der Waals surface area contributed by atoms with Gasteiger partial charge in [0.2, 0.25) is 17.7 Å². The highest BCUT2D eigenvalue weighted by atomic mass is 16.4. The van der Waals surface area contributed by atoms with E-state index in [2.05, 4.69) is 16.0 Å². The van der Waals surface area contributed by atoms with Crippen molar-refractivity contribution in [3.63, 3.8) is 0 Å². The van der Waals surface area contributed by atoms with Crippen LogP contribution in [-0.2, 0) is 25.6 Å². The van der Waals surface area contributed by atoms with Crippen molar-refractivity contribution in [1.29, 1.82) is 0 Å². The highest BCUT2D eigenvalue weighted by molar-refractivity contribution is 5.93. The Hall–Kier alpha value is -3.14. The van der Waals surface area contributed by atoms with Crippen molar-refractivity contribution >= 4 is 23.7 Å². The Balaban J connectivity index is 2.92. The molecule has 0 aliphatic carbocycles. The van der Waals surface area contributed by atoms with Gasteiger partial charge >= 0.3 is 5.97 Å². The molecule has 0 spiro atoms. The van der Waals surface area contributed by atoms with E-state index in [0.717, 1.165) is 0 Å². The second kappa shape index (κ2) is 10.9. The van der Waals surface area contributed by atoms with Gasteiger partial charge in [-0.1, -0.05) is 26.0 Å². The van der Waals surface area contributed by atoms with Crippen LogP contribution < -0.4 is 21.7 Å². The molecule has 0 aliphatic rings. The summed E-state index contributed by atoms with van der Waals surface area (Å²) >= 11 is 0. The van der Waals surface area contributed by atoms with Crippen molar-refractivity contribution in [1.82, 2.24) is 16.0 Å². The predicted molar refractivity (Wildman–Crippen MR) is 100 cm³/mol. The van der Waals surface area contributed by atoms with Gasteiger partial charge in [0.05, 0.1) is 6.54 Å². The molecule has 7 N–H and O–H groups in total. The largest absolute Gasteiger partial charge is 0.508 e. The highest BCUT2D eigenvalue weighted by Gasteiger charge is 2.29. The minimum Gasteiger partial charge on any atom is -0.508 e. The molecule has 1 aromatic carbocycles. The number of carbonyl (C=O) groups is 4. The van der Waals surface area contributed by atoms with Gasteiger partial charge in [-0.2, -0.15) is 0 Å². The van der Waals surface area contributed by atoms with Gasteiger partial charge in [-0.05, 0) is 23.6 Å². The van der Waals surface area contributed by atoms with Crippen LogP contribution in [0.25, 0.3) is 0 Å². The summed E-state index contributed by atoms with van der Waals surface area (Å²) in [6.07, 6.45) is 0.111. The topological polar surface area (TPSA) is 171 Å². The zero-order chi connectivity index (χ0) is 21.3. The van der Waals surface area contributed by atoms with Crippen molar-refractivity contribution in [2.24, 2.45) is 11.7 Å². The number of aromatic hydroxyl groups is 1. The van der Waals surface area contributed by atoms with E-state index in [4.69, 9.17) is 10.8 Å². The Bertz CT molecular complexity index is 705. The Morgan fingerprint density at radius 1 is 1.04 bits per heavy atom. The first-order valence-corrected chi connectivity index (χ1v) is 8.71. The molecule has 10 heteroatoms. The van der Waals surface area contributed by atoms with Gasteiger partial charge < -0.3 is 31.9 Å². The van der Waals surface area contributed by atoms with Crippen molar-refractivity contribution in [2.75, 3.05) is 13.1 Å². The van der Waals surface area contributed by atoms with Crippen LogP contribution in [0.15, 0.2) is 24.3 Å². The minimum absolute atomic E-state index is 0.0609. The molecule has 0 fully saturated rings. The number of carbonyl (C=O) groups excluding carboxylic acids is 3. The third-order valence-corrected chi connectivity index (χ3v) is 3.87. The van der Waals surface area contributed by atoms with Crippen LogP contribution in [0.4, 0.5) is 0 Å². The van der Waals surface area contributed by atoms with Gasteiger partial charge in [0.15, 0.2) is 0 Å². The van der Waals surface area contributed by atoms with E-state index in [9.17, 15) is 24.3 Å². The first kappa shape index (κ1) is 22.9. The second-order valence-corrected chi connectivity index (χ2v) is 6.54. The molecule has 0 bridgehead atoms. The van der Waals surface area contributed by atoms with Crippen LogP contribution in [0.2, 0.25) is 0 Å². The normalized spacial score (nSPS) is 12.7. The van der Waals surface area contributed by atoms with Gasteiger partial charge in [-0.3, -0.25) is 19.2 Å². The Labute approximate surface area is 162 Å². The third kappa shape index (κ3) is 7.62. The van der Waals surface area contributed by atoms with Crippen molar-refractivity contribution in [3.8, 4) is 5.75 Å². The molecule has 1 aromatic rings. The second-order valence-electron chi connectivity index (χ2n) is 6.54. The molecule has 0 saturated carbocycles. The molecule has 0 aromatic heterocycles. The summed E-state index contributed by atoms with van der Waals surface area (Å²) in [4.78, 5) is 47.2. The predicted octanol–water partition coefficient (Wildman–Crippen LogP) is -1.28. The molecule has 0 saturated heterocycles. The Morgan fingerprint density at radius 3 is 2.14 bits per heavy atom. The molecule has 10 nitrogen and oxygen atoms in total. The molecule has 1 rings (SSSR count). The lowest BCUT2D eigenvalue weighted by Crippen LogP contribution is -2.56. The molecule has 2 atom stereocenters. The van der Waals surface area contributed by atoms with Gasteiger partial charge in [0, 0.05) is 6.42 Å². The third-order valence-electron chi connectivity index (χ3n) is 3.87. The fourth-order valence-electron chi connectivity index (χ4n) is 2.39. The van der Waals surface area contributed by atoms with Gasteiger partial charge in [-0.15, -0.1) is 0 Å². The Kier molecular flexibility index (Phi) is 8.89. The molecule has 0 heterocycles. The average Bonchev–Trinajstić information content (AvgIpc) is 2.64. The summed E-state index contributed by atoms with van der Waals surface area (Å²) in [5.41, 5.74) is 5.98. The van der Waals surface area contributed by atoms with E-state index in [0.29, 0.717) is 5.56 Å². The number of phenolic OH excluding ortho intramolecular Hbond substituents is 1. The summed E-state index contributed by atoms with van der Waals surface area (Å²) in [7, 11) is 0. The first-order valence-electron chi connectivity index (χ1n) is 8.71. The van der Waals surface area contributed by atoms with E-state index < -0.39 is 42.3 Å². The van der Waals surface area contributed by atoms with Crippen molar-refractivity contribution < 1.29 is 29.4 Å². The van der Waals surface area contributed by atoms with Crippen LogP contribution in [0.5, 0.6) is 5.75 Å². The molecule has 2 unspecified atom stereocenters. The van der Waals surface area contributed by atoms with Crippen LogP contribution in [0, 0.1) is 5.92 Å². The summed E-state index contributed by atoms with van der Waals surface area (Å²) in [5.74, 6) is -3.26. The van der Waals surface area contributed by atoms with Gasteiger partial charge in [-0.25, -0.2) is 0 Å². The van der Waals surface area contributed by atoms with Gasteiger partial charge in [0.25, 0.3) is 0 Å². The van der Waals surface area contributed by atoms with E-state index in [-0.39, 0.29) is 24.6 Å². The van der Waals surface area contributed by atoms with Crippen molar-refractivity contribution in [2.45, 2.75) is 32.4 Å². The van der Waals surface area contributed by atoms with Crippen LogP contribution in [-0.4, -0.2) is 59.1 Å². The van der Waals surface area contributed by atoms with E-state index in [1.807, 2.05) is 0 Å². The Morgan fingerprint density at radius 2 is 1.64 bits per heavy atom. The fraction of sp³-hybridized carbons (Fsp3) is 0.444. The number of amides is 3. The number of phenols is 1. The summed E-state index contributed by atoms with van der Waals surface area (Å²) in [6.45, 7) is 2.50. The van der Waals surface area contributed by atoms with Crippen LogP contribution in [0.3, 0.4) is 0 Å². The van der Waals surface area contributed by atoms with E-state index >= 15 is 0 Å².